The number of nitrogens with two attached hydrogens (primary N) is 1. The Morgan fingerprint density at radius 1 is 0.957 bits per heavy atom. The van der Waals surface area contributed by atoms with Crippen LogP contribution in [0.4, 0.5) is 0 Å². The number of ether oxygens (including phenoxy) is 1. The van der Waals surface area contributed by atoms with Crippen molar-refractivity contribution in [3.63, 3.8) is 0 Å². The fraction of sp³-hybridized carbons (Fsp3) is 0.200. The molecule has 3 aromatic rings. The minimum atomic E-state index is -0.683. The number of aliphatic hydroxyl groups is 1. The lowest BCUT2D eigenvalue weighted by atomic mass is 9.92. The molecule has 0 heterocycles. The van der Waals surface area contributed by atoms with Gasteiger partial charge in [-0.2, -0.15) is 0 Å². The van der Waals surface area contributed by atoms with Gasteiger partial charge in [0, 0.05) is 12.0 Å². The fourth-order valence-electron chi connectivity index (χ4n) is 2.97. The average molecular weight is 307 g/mol. The molecule has 23 heavy (non-hydrogen) atoms. The Hall–Kier alpha value is -2.36. The van der Waals surface area contributed by atoms with E-state index in [4.69, 9.17) is 10.5 Å². The van der Waals surface area contributed by atoms with Gasteiger partial charge in [0.2, 0.25) is 0 Å². The quantitative estimate of drug-likeness (QED) is 0.759. The van der Waals surface area contributed by atoms with Gasteiger partial charge in [-0.05, 0) is 22.4 Å². The van der Waals surface area contributed by atoms with Gasteiger partial charge in [-0.3, -0.25) is 0 Å². The van der Waals surface area contributed by atoms with Gasteiger partial charge >= 0.3 is 0 Å². The highest BCUT2D eigenvalue weighted by atomic mass is 16.5. The van der Waals surface area contributed by atoms with E-state index in [1.165, 1.54) is 0 Å². The highest BCUT2D eigenvalue weighted by Gasteiger charge is 2.23. The third-order valence-electron chi connectivity index (χ3n) is 4.19. The lowest BCUT2D eigenvalue weighted by Gasteiger charge is -2.23. The number of aliphatic hydroxyl groups excluding tert-OH is 1. The Morgan fingerprint density at radius 3 is 2.39 bits per heavy atom. The van der Waals surface area contributed by atoms with E-state index in [1.54, 1.807) is 7.11 Å². The summed E-state index contributed by atoms with van der Waals surface area (Å²) in [6.45, 7) is 0. The van der Waals surface area contributed by atoms with Crippen LogP contribution in [0, 0.1) is 0 Å². The fourth-order valence-corrected chi connectivity index (χ4v) is 2.97. The molecule has 118 valence electrons. The van der Waals surface area contributed by atoms with Gasteiger partial charge in [0.25, 0.3) is 0 Å². The van der Waals surface area contributed by atoms with Crippen LogP contribution in [-0.2, 0) is 6.42 Å². The number of methoxy groups -OCH3 is 1. The molecule has 0 radical (unpaired) electrons. The van der Waals surface area contributed by atoms with Crippen LogP contribution in [0.1, 0.15) is 17.2 Å². The second kappa shape index (κ2) is 6.82. The molecular weight excluding hydrogens is 286 g/mol. The van der Waals surface area contributed by atoms with Crippen molar-refractivity contribution in [3.8, 4) is 5.75 Å². The summed E-state index contributed by atoms with van der Waals surface area (Å²) in [7, 11) is 1.63. The average Bonchev–Trinajstić information content (AvgIpc) is 2.61. The molecule has 0 unspecified atom stereocenters. The second-order valence-electron chi connectivity index (χ2n) is 5.69. The van der Waals surface area contributed by atoms with Crippen LogP contribution >= 0.6 is 0 Å². The highest BCUT2D eigenvalue weighted by Crippen LogP contribution is 2.34. The van der Waals surface area contributed by atoms with Gasteiger partial charge in [-0.1, -0.05) is 60.7 Å². The van der Waals surface area contributed by atoms with Crippen molar-refractivity contribution in [3.05, 3.63) is 77.9 Å². The molecule has 0 saturated heterocycles. The first-order valence-corrected chi connectivity index (χ1v) is 7.74. The Balaban J connectivity index is 1.97. The van der Waals surface area contributed by atoms with E-state index in [2.05, 4.69) is 0 Å². The molecule has 0 fully saturated rings. The molecule has 3 rings (SSSR count). The van der Waals surface area contributed by atoms with E-state index in [0.717, 1.165) is 21.9 Å². The molecule has 3 nitrogen and oxygen atoms in total. The first-order valence-electron chi connectivity index (χ1n) is 7.74. The molecule has 3 N–H and O–H groups in total. The largest absolute Gasteiger partial charge is 0.496 e. The summed E-state index contributed by atoms with van der Waals surface area (Å²) in [5, 5.41) is 12.7. The summed E-state index contributed by atoms with van der Waals surface area (Å²) in [5.74, 6) is 0.711. The van der Waals surface area contributed by atoms with Crippen molar-refractivity contribution >= 4 is 10.8 Å². The third kappa shape index (κ3) is 3.21. The van der Waals surface area contributed by atoms with Crippen molar-refractivity contribution in [1.82, 2.24) is 0 Å². The second-order valence-corrected chi connectivity index (χ2v) is 5.69. The van der Waals surface area contributed by atoms with Gasteiger partial charge in [-0.15, -0.1) is 0 Å². The van der Waals surface area contributed by atoms with Gasteiger partial charge in [0.15, 0.2) is 0 Å². The van der Waals surface area contributed by atoms with Crippen LogP contribution in [0.2, 0.25) is 0 Å². The van der Waals surface area contributed by atoms with Crippen LogP contribution in [0.25, 0.3) is 10.8 Å². The lowest BCUT2D eigenvalue weighted by molar-refractivity contribution is 0.144. The lowest BCUT2D eigenvalue weighted by Crippen LogP contribution is -2.28. The van der Waals surface area contributed by atoms with Gasteiger partial charge in [0.1, 0.15) is 5.75 Å². The number of fused-ring (bicyclic) bond motifs is 1. The highest BCUT2D eigenvalue weighted by molar-refractivity contribution is 5.88. The zero-order valence-corrected chi connectivity index (χ0v) is 13.1. The van der Waals surface area contributed by atoms with Crippen molar-refractivity contribution in [2.75, 3.05) is 7.11 Å². The van der Waals surface area contributed by atoms with Crippen molar-refractivity contribution in [2.24, 2.45) is 5.73 Å². The minimum absolute atomic E-state index is 0.508. The number of hydrogen-bond donors (Lipinski definition) is 2. The SMILES string of the molecule is COc1ccc2ccccc2c1[C@H](N)[C@H](O)Cc1ccccc1. The van der Waals surface area contributed by atoms with Crippen LogP contribution in [0.5, 0.6) is 5.75 Å². The first kappa shape index (κ1) is 15.5. The molecule has 0 aliphatic rings. The zero-order chi connectivity index (χ0) is 16.2. The van der Waals surface area contributed by atoms with Gasteiger partial charge < -0.3 is 15.6 Å². The van der Waals surface area contributed by atoms with Crippen molar-refractivity contribution in [2.45, 2.75) is 18.6 Å². The van der Waals surface area contributed by atoms with E-state index in [-0.39, 0.29) is 0 Å². The molecule has 0 saturated carbocycles. The predicted octanol–water partition coefficient (Wildman–Crippen LogP) is 3.45. The number of benzene rings is 3. The monoisotopic (exact) mass is 307 g/mol. The number of hydrogen-bond acceptors (Lipinski definition) is 3. The first-order chi connectivity index (χ1) is 11.2. The van der Waals surface area contributed by atoms with Crippen LogP contribution < -0.4 is 10.5 Å². The Bertz CT molecular complexity index is 786. The van der Waals surface area contributed by atoms with Gasteiger partial charge in [-0.25, -0.2) is 0 Å². The molecule has 3 aromatic carbocycles. The normalized spacial score (nSPS) is 13.7. The smallest absolute Gasteiger partial charge is 0.124 e. The third-order valence-corrected chi connectivity index (χ3v) is 4.19. The molecule has 0 spiro atoms. The summed E-state index contributed by atoms with van der Waals surface area (Å²) in [6.07, 6.45) is -0.175. The van der Waals surface area contributed by atoms with E-state index < -0.39 is 12.1 Å². The molecule has 0 bridgehead atoms. The summed E-state index contributed by atoms with van der Waals surface area (Å²) in [5.41, 5.74) is 8.32. The molecule has 0 aliphatic heterocycles. The summed E-state index contributed by atoms with van der Waals surface area (Å²) in [6, 6.07) is 21.3. The van der Waals surface area contributed by atoms with Crippen LogP contribution in [-0.4, -0.2) is 18.3 Å². The van der Waals surface area contributed by atoms with Gasteiger partial charge in [0.05, 0.1) is 19.3 Å². The van der Waals surface area contributed by atoms with Crippen LogP contribution in [0.3, 0.4) is 0 Å². The maximum Gasteiger partial charge on any atom is 0.124 e. The van der Waals surface area contributed by atoms with Crippen molar-refractivity contribution in [1.29, 1.82) is 0 Å². The summed E-state index contributed by atoms with van der Waals surface area (Å²) >= 11 is 0. The molecule has 0 aliphatic carbocycles. The van der Waals surface area contributed by atoms with Crippen LogP contribution in [0.15, 0.2) is 66.7 Å². The molecule has 2 atom stereocenters. The number of rotatable bonds is 5. The summed E-state index contributed by atoms with van der Waals surface area (Å²) in [4.78, 5) is 0. The zero-order valence-electron chi connectivity index (χ0n) is 13.1. The van der Waals surface area contributed by atoms with Crippen molar-refractivity contribution < 1.29 is 9.84 Å². The van der Waals surface area contributed by atoms with E-state index in [0.29, 0.717) is 12.2 Å². The molecule has 3 heteroatoms. The Labute approximate surface area is 136 Å². The maximum absolute atomic E-state index is 10.6. The maximum atomic E-state index is 10.6. The summed E-state index contributed by atoms with van der Waals surface area (Å²) < 4.78 is 5.48. The standard InChI is InChI=1S/C20H21NO2/c1-23-18-12-11-15-9-5-6-10-16(15)19(18)20(21)17(22)13-14-7-3-2-4-8-14/h2-12,17,20,22H,13,21H2,1H3/t17-,20-/m1/s1. The van der Waals surface area contributed by atoms with E-state index >= 15 is 0 Å². The van der Waals surface area contributed by atoms with E-state index in [1.807, 2.05) is 66.7 Å². The predicted molar refractivity (Wildman–Crippen MR) is 93.6 cm³/mol. The topological polar surface area (TPSA) is 55.5 Å². The molecule has 0 amide bonds. The molecule has 0 aromatic heterocycles. The molecular formula is C20H21NO2. The van der Waals surface area contributed by atoms with E-state index in [9.17, 15) is 5.11 Å². The Kier molecular flexibility index (Phi) is 4.60. The minimum Gasteiger partial charge on any atom is -0.496 e. The Morgan fingerprint density at radius 2 is 1.65 bits per heavy atom.